The SMILES string of the molecule is C=NC/C(CNc1cncc(N2CC=CC=N2)c1)=C(\C=C(\C)C(C)N)C(=C)N. The van der Waals surface area contributed by atoms with E-state index in [-0.39, 0.29) is 6.04 Å². The fourth-order valence-corrected chi connectivity index (χ4v) is 2.59. The first-order valence-electron chi connectivity index (χ1n) is 9.11. The molecule has 0 aliphatic carbocycles. The van der Waals surface area contributed by atoms with Crippen LogP contribution in [0.2, 0.25) is 0 Å². The largest absolute Gasteiger partial charge is 0.399 e. The predicted octanol–water partition coefficient (Wildman–Crippen LogP) is 2.62. The molecule has 0 aromatic carbocycles. The maximum Gasteiger partial charge on any atom is 0.0801 e. The lowest BCUT2D eigenvalue weighted by molar-refractivity contribution is 0.858. The van der Waals surface area contributed by atoms with Gasteiger partial charge in [0.25, 0.3) is 0 Å². The van der Waals surface area contributed by atoms with E-state index in [1.165, 1.54) is 0 Å². The zero-order valence-corrected chi connectivity index (χ0v) is 16.6. The normalized spacial score (nSPS) is 15.8. The van der Waals surface area contributed by atoms with Crippen molar-refractivity contribution in [2.24, 2.45) is 21.6 Å². The molecule has 2 heterocycles. The first kappa shape index (κ1) is 21.1. The third-order valence-corrected chi connectivity index (χ3v) is 4.35. The smallest absolute Gasteiger partial charge is 0.0801 e. The Hall–Kier alpha value is -3.19. The van der Waals surface area contributed by atoms with Crippen LogP contribution in [0.3, 0.4) is 0 Å². The number of nitrogens with two attached hydrogens (primary N) is 2. The molecule has 1 aromatic rings. The number of allylic oxidation sites excluding steroid dienone is 2. The number of pyridine rings is 1. The number of hydrazone groups is 1. The summed E-state index contributed by atoms with van der Waals surface area (Å²) in [6.45, 7) is 13.1. The fourth-order valence-electron chi connectivity index (χ4n) is 2.59. The molecule has 0 fully saturated rings. The molecule has 1 atom stereocenters. The highest BCUT2D eigenvalue weighted by atomic mass is 15.5. The summed E-state index contributed by atoms with van der Waals surface area (Å²) in [5.41, 5.74) is 17.1. The van der Waals surface area contributed by atoms with Crippen molar-refractivity contribution in [1.29, 1.82) is 0 Å². The van der Waals surface area contributed by atoms with Crippen LogP contribution in [0.25, 0.3) is 0 Å². The van der Waals surface area contributed by atoms with E-state index in [1.807, 2.05) is 43.2 Å². The Kier molecular flexibility index (Phi) is 7.71. The Morgan fingerprint density at radius 3 is 2.86 bits per heavy atom. The molecular formula is C21H29N7. The Morgan fingerprint density at radius 1 is 1.46 bits per heavy atom. The monoisotopic (exact) mass is 379 g/mol. The summed E-state index contributed by atoms with van der Waals surface area (Å²) in [6, 6.07) is 1.93. The van der Waals surface area contributed by atoms with Crippen LogP contribution in [0.4, 0.5) is 11.4 Å². The minimum atomic E-state index is -0.0692. The Bertz CT molecular complexity index is 831. The van der Waals surface area contributed by atoms with Crippen LogP contribution >= 0.6 is 0 Å². The summed E-state index contributed by atoms with van der Waals surface area (Å²) in [7, 11) is 0. The zero-order valence-electron chi connectivity index (χ0n) is 16.6. The summed E-state index contributed by atoms with van der Waals surface area (Å²) in [4.78, 5) is 8.35. The van der Waals surface area contributed by atoms with Gasteiger partial charge in [0.05, 0.1) is 36.9 Å². The molecule has 28 heavy (non-hydrogen) atoms. The van der Waals surface area contributed by atoms with Gasteiger partial charge in [-0.2, -0.15) is 5.10 Å². The highest BCUT2D eigenvalue weighted by Gasteiger charge is 2.10. The molecule has 0 radical (unpaired) electrons. The summed E-state index contributed by atoms with van der Waals surface area (Å²) < 4.78 is 0. The van der Waals surface area contributed by atoms with Crippen molar-refractivity contribution in [3.8, 4) is 0 Å². The topological polar surface area (TPSA) is 105 Å². The number of rotatable bonds is 9. The molecule has 1 aliphatic heterocycles. The average molecular weight is 380 g/mol. The van der Waals surface area contributed by atoms with Crippen LogP contribution in [0.15, 0.2) is 75.8 Å². The summed E-state index contributed by atoms with van der Waals surface area (Å²) >= 11 is 0. The number of aliphatic imine (C=N–C) groups is 1. The van der Waals surface area contributed by atoms with Crippen molar-refractivity contribution in [2.45, 2.75) is 19.9 Å². The van der Waals surface area contributed by atoms with Gasteiger partial charge in [-0.3, -0.25) is 15.0 Å². The number of nitrogens with one attached hydrogen (secondary N) is 1. The third kappa shape index (κ3) is 5.92. The molecule has 0 saturated heterocycles. The molecule has 148 valence electrons. The minimum Gasteiger partial charge on any atom is -0.399 e. The van der Waals surface area contributed by atoms with Gasteiger partial charge in [0.15, 0.2) is 0 Å². The Morgan fingerprint density at radius 2 is 2.25 bits per heavy atom. The average Bonchev–Trinajstić information content (AvgIpc) is 2.70. The van der Waals surface area contributed by atoms with Crippen molar-refractivity contribution < 1.29 is 0 Å². The number of hydrogen-bond donors (Lipinski definition) is 3. The van der Waals surface area contributed by atoms with Crippen LogP contribution in [-0.2, 0) is 0 Å². The minimum absolute atomic E-state index is 0.0692. The summed E-state index contributed by atoms with van der Waals surface area (Å²) in [5.74, 6) is 0. The van der Waals surface area contributed by atoms with Gasteiger partial charge in [-0.05, 0) is 43.9 Å². The second-order valence-electron chi connectivity index (χ2n) is 6.66. The maximum absolute atomic E-state index is 6.04. The lowest BCUT2D eigenvalue weighted by Crippen LogP contribution is -2.19. The third-order valence-electron chi connectivity index (χ3n) is 4.35. The highest BCUT2D eigenvalue weighted by Crippen LogP contribution is 2.21. The fraction of sp³-hybridized carbons (Fsp3) is 0.286. The van der Waals surface area contributed by atoms with Gasteiger partial charge in [-0.1, -0.05) is 24.3 Å². The van der Waals surface area contributed by atoms with E-state index in [2.05, 4.69) is 33.7 Å². The molecule has 7 heteroatoms. The number of hydrogen-bond acceptors (Lipinski definition) is 7. The van der Waals surface area contributed by atoms with Gasteiger partial charge in [0.2, 0.25) is 0 Å². The summed E-state index contributed by atoms with van der Waals surface area (Å²) in [5, 5.41) is 9.60. The van der Waals surface area contributed by atoms with Crippen LogP contribution in [0.5, 0.6) is 0 Å². The number of aromatic nitrogens is 1. The van der Waals surface area contributed by atoms with Gasteiger partial charge in [-0.25, -0.2) is 0 Å². The number of anilines is 2. The standard InChI is InChI=1S/C21H29N7/c1-15(16(2)22)9-21(17(3)23)18(11-24-4)12-26-19-10-20(14-25-13-19)28-8-6-5-7-27-28/h5-7,9-10,13-14,16,26H,3-4,8,11-12,22-23H2,1-2H3/b15-9-,21-18-. The van der Waals surface area contributed by atoms with E-state index in [4.69, 9.17) is 11.5 Å². The molecule has 0 amide bonds. The highest BCUT2D eigenvalue weighted by molar-refractivity contribution is 5.74. The quantitative estimate of drug-likeness (QED) is 0.452. The molecule has 0 bridgehead atoms. The first-order valence-corrected chi connectivity index (χ1v) is 9.11. The lowest BCUT2D eigenvalue weighted by Gasteiger charge is -2.20. The summed E-state index contributed by atoms with van der Waals surface area (Å²) in [6.07, 6.45) is 11.2. The molecular weight excluding hydrogens is 350 g/mol. The Labute approximate surface area is 166 Å². The van der Waals surface area contributed by atoms with E-state index < -0.39 is 0 Å². The molecule has 1 unspecified atom stereocenters. The molecule has 0 spiro atoms. The second-order valence-corrected chi connectivity index (χ2v) is 6.66. The van der Waals surface area contributed by atoms with Gasteiger partial charge >= 0.3 is 0 Å². The van der Waals surface area contributed by atoms with E-state index in [0.717, 1.165) is 28.1 Å². The van der Waals surface area contributed by atoms with Gasteiger partial charge in [-0.15, -0.1) is 0 Å². The van der Waals surface area contributed by atoms with E-state index in [0.29, 0.717) is 25.3 Å². The molecule has 5 N–H and O–H groups in total. The van der Waals surface area contributed by atoms with Crippen molar-refractivity contribution in [3.05, 3.63) is 65.7 Å². The van der Waals surface area contributed by atoms with Gasteiger partial charge in [0, 0.05) is 24.5 Å². The van der Waals surface area contributed by atoms with Crippen molar-refractivity contribution in [2.75, 3.05) is 30.0 Å². The van der Waals surface area contributed by atoms with Crippen molar-refractivity contribution >= 4 is 24.3 Å². The van der Waals surface area contributed by atoms with Crippen molar-refractivity contribution in [3.63, 3.8) is 0 Å². The van der Waals surface area contributed by atoms with Crippen LogP contribution in [-0.4, -0.2) is 43.6 Å². The molecule has 1 aliphatic rings. The van der Waals surface area contributed by atoms with E-state index >= 15 is 0 Å². The lowest BCUT2D eigenvalue weighted by atomic mass is 10.0. The second kappa shape index (κ2) is 10.2. The van der Waals surface area contributed by atoms with Crippen LogP contribution in [0.1, 0.15) is 13.8 Å². The van der Waals surface area contributed by atoms with Gasteiger partial charge < -0.3 is 16.8 Å². The van der Waals surface area contributed by atoms with Gasteiger partial charge in [0.1, 0.15) is 0 Å². The van der Waals surface area contributed by atoms with Crippen molar-refractivity contribution in [1.82, 2.24) is 4.98 Å². The number of nitrogens with zero attached hydrogens (tertiary/aromatic N) is 4. The molecule has 2 rings (SSSR count). The maximum atomic E-state index is 6.04. The predicted molar refractivity (Wildman–Crippen MR) is 120 cm³/mol. The van der Waals surface area contributed by atoms with Crippen LogP contribution < -0.4 is 21.8 Å². The molecule has 0 saturated carbocycles. The van der Waals surface area contributed by atoms with Crippen LogP contribution in [0, 0.1) is 0 Å². The molecule has 1 aromatic heterocycles. The first-order chi connectivity index (χ1) is 13.4. The van der Waals surface area contributed by atoms with E-state index in [1.54, 1.807) is 18.6 Å². The Balaban J connectivity index is 2.23. The molecule has 7 nitrogen and oxygen atoms in total. The zero-order chi connectivity index (χ0) is 20.5. The van der Waals surface area contributed by atoms with E-state index in [9.17, 15) is 0 Å².